The highest BCUT2D eigenvalue weighted by Gasteiger charge is 2.18. The molecule has 28 heavy (non-hydrogen) atoms. The molecule has 0 saturated carbocycles. The van der Waals surface area contributed by atoms with Gasteiger partial charge in [-0.15, -0.1) is 11.3 Å². The number of halogens is 1. The zero-order valence-electron chi connectivity index (χ0n) is 14.5. The number of carbonyl (C=O) groups is 1. The molecule has 0 aliphatic rings. The molecule has 3 heterocycles. The van der Waals surface area contributed by atoms with Gasteiger partial charge in [-0.25, -0.2) is 4.39 Å². The van der Waals surface area contributed by atoms with Crippen molar-refractivity contribution in [2.75, 3.05) is 0 Å². The van der Waals surface area contributed by atoms with E-state index in [1.807, 2.05) is 24.3 Å². The number of aromatic amines is 1. The second-order valence-corrected chi connectivity index (χ2v) is 7.44. The molecule has 0 unspecified atom stereocenters. The van der Waals surface area contributed by atoms with Crippen LogP contribution in [-0.2, 0) is 6.54 Å². The van der Waals surface area contributed by atoms with Crippen LogP contribution in [0, 0.1) is 5.82 Å². The third-order valence-electron chi connectivity index (χ3n) is 4.56. The number of thiophene rings is 1. The average molecular weight is 391 g/mol. The zero-order chi connectivity index (χ0) is 19.1. The first-order valence-corrected chi connectivity index (χ1v) is 9.48. The molecule has 7 heteroatoms. The van der Waals surface area contributed by atoms with Crippen molar-refractivity contribution in [1.29, 1.82) is 0 Å². The number of fused-ring (bicyclic) bond motifs is 2. The topological polar surface area (TPSA) is 70.9 Å². The molecule has 0 spiro atoms. The summed E-state index contributed by atoms with van der Waals surface area (Å²) in [5, 5.41) is 11.7. The molecule has 0 atom stereocenters. The fourth-order valence-corrected chi connectivity index (χ4v) is 4.24. The fraction of sp³-hybridized carbons (Fsp3) is 0.0476. The summed E-state index contributed by atoms with van der Waals surface area (Å²) in [5.41, 5.74) is 1.23. The number of carbonyl (C=O) groups excluding carboxylic acids is 1. The van der Waals surface area contributed by atoms with E-state index in [9.17, 15) is 9.18 Å². The molecule has 5 aromatic rings. The lowest BCUT2D eigenvalue weighted by atomic mass is 10.1. The van der Waals surface area contributed by atoms with Crippen LogP contribution in [0.2, 0.25) is 0 Å². The van der Waals surface area contributed by atoms with Gasteiger partial charge in [0.15, 0.2) is 0 Å². The maximum atomic E-state index is 14.5. The summed E-state index contributed by atoms with van der Waals surface area (Å²) in [5.74, 6) is -0.501. The number of benzene rings is 2. The van der Waals surface area contributed by atoms with Crippen molar-refractivity contribution in [3.05, 3.63) is 78.0 Å². The van der Waals surface area contributed by atoms with Crippen molar-refractivity contribution in [2.24, 2.45) is 0 Å². The molecule has 0 fully saturated rings. The largest absolute Gasteiger partial charge is 0.467 e. The minimum absolute atomic E-state index is 0.0252. The van der Waals surface area contributed by atoms with Crippen LogP contribution in [0.5, 0.6) is 0 Å². The molecule has 0 saturated heterocycles. The smallest absolute Gasteiger partial charge is 0.254 e. The van der Waals surface area contributed by atoms with Crippen molar-refractivity contribution in [3.63, 3.8) is 0 Å². The summed E-state index contributed by atoms with van der Waals surface area (Å²) in [4.78, 5) is 13.5. The van der Waals surface area contributed by atoms with Gasteiger partial charge in [-0.1, -0.05) is 18.2 Å². The summed E-state index contributed by atoms with van der Waals surface area (Å²) in [6.45, 7) is 0.192. The molecule has 5 rings (SSSR count). The number of nitrogens with zero attached hydrogens (tertiary/aromatic N) is 1. The minimum atomic E-state index is -0.601. The quantitative estimate of drug-likeness (QED) is 0.447. The number of furan rings is 1. The van der Waals surface area contributed by atoms with E-state index in [1.54, 1.807) is 29.5 Å². The first-order chi connectivity index (χ1) is 13.7. The van der Waals surface area contributed by atoms with E-state index in [2.05, 4.69) is 21.6 Å². The van der Waals surface area contributed by atoms with E-state index in [-0.39, 0.29) is 12.1 Å². The van der Waals surface area contributed by atoms with Gasteiger partial charge >= 0.3 is 0 Å². The zero-order valence-corrected chi connectivity index (χ0v) is 15.3. The number of hydrogen-bond donors (Lipinski definition) is 2. The Bertz CT molecular complexity index is 1270. The molecule has 138 valence electrons. The van der Waals surface area contributed by atoms with Crippen LogP contribution in [0.4, 0.5) is 4.39 Å². The summed E-state index contributed by atoms with van der Waals surface area (Å²) in [7, 11) is 0. The van der Waals surface area contributed by atoms with Crippen molar-refractivity contribution in [3.8, 4) is 10.6 Å². The molecule has 2 N–H and O–H groups in total. The Hall–Kier alpha value is -3.45. The van der Waals surface area contributed by atoms with E-state index < -0.39 is 11.7 Å². The van der Waals surface area contributed by atoms with Crippen molar-refractivity contribution in [2.45, 2.75) is 6.54 Å². The molecule has 0 aliphatic carbocycles. The first kappa shape index (κ1) is 16.7. The Kier molecular flexibility index (Phi) is 3.95. The Labute approximate surface area is 162 Å². The number of hydrogen-bond acceptors (Lipinski definition) is 4. The molecule has 2 aromatic carbocycles. The molecule has 1 amide bonds. The number of aromatic nitrogens is 2. The van der Waals surface area contributed by atoms with Gasteiger partial charge in [0.2, 0.25) is 0 Å². The molecular weight excluding hydrogens is 377 g/mol. The van der Waals surface area contributed by atoms with Gasteiger partial charge in [-0.2, -0.15) is 5.10 Å². The van der Waals surface area contributed by atoms with E-state index in [0.717, 1.165) is 15.0 Å². The third kappa shape index (κ3) is 2.86. The molecule has 5 nitrogen and oxygen atoms in total. The summed E-state index contributed by atoms with van der Waals surface area (Å²) in [6, 6.07) is 16.4. The van der Waals surface area contributed by atoms with Crippen molar-refractivity contribution < 1.29 is 13.6 Å². The van der Waals surface area contributed by atoms with Crippen LogP contribution < -0.4 is 5.32 Å². The van der Waals surface area contributed by atoms with Crippen LogP contribution in [0.3, 0.4) is 0 Å². The van der Waals surface area contributed by atoms with E-state index >= 15 is 0 Å². The predicted molar refractivity (Wildman–Crippen MR) is 107 cm³/mol. The van der Waals surface area contributed by atoms with E-state index in [4.69, 9.17) is 4.42 Å². The van der Waals surface area contributed by atoms with Crippen LogP contribution in [-0.4, -0.2) is 16.1 Å². The highest BCUT2D eigenvalue weighted by Crippen LogP contribution is 2.36. The SMILES string of the molecule is O=C(NCc1ccco1)c1cc2c(-c3cc4ccccc4s3)n[nH]c2cc1F. The summed E-state index contributed by atoms with van der Waals surface area (Å²) < 4.78 is 20.8. The van der Waals surface area contributed by atoms with E-state index in [1.165, 1.54) is 12.3 Å². The molecule has 3 aromatic heterocycles. The second-order valence-electron chi connectivity index (χ2n) is 6.36. The fourth-order valence-electron chi connectivity index (χ4n) is 3.17. The maximum absolute atomic E-state index is 14.5. The van der Waals surface area contributed by atoms with Gasteiger partial charge in [-0.3, -0.25) is 9.89 Å². The van der Waals surface area contributed by atoms with Crippen LogP contribution in [0.25, 0.3) is 31.6 Å². The lowest BCUT2D eigenvalue weighted by molar-refractivity contribution is 0.0944. The summed E-state index contributed by atoms with van der Waals surface area (Å²) in [6.07, 6.45) is 1.52. The van der Waals surface area contributed by atoms with Crippen LogP contribution >= 0.6 is 11.3 Å². The average Bonchev–Trinajstić information content (AvgIpc) is 3.43. The van der Waals surface area contributed by atoms with Crippen molar-refractivity contribution >= 4 is 38.2 Å². The Morgan fingerprint density at radius 3 is 2.89 bits per heavy atom. The molecule has 0 aliphatic heterocycles. The van der Waals surface area contributed by atoms with Crippen LogP contribution in [0.15, 0.2) is 65.3 Å². The van der Waals surface area contributed by atoms with Crippen LogP contribution in [0.1, 0.15) is 16.1 Å². The third-order valence-corrected chi connectivity index (χ3v) is 5.68. The Balaban J connectivity index is 1.53. The van der Waals surface area contributed by atoms with E-state index in [0.29, 0.717) is 22.4 Å². The van der Waals surface area contributed by atoms with Gasteiger partial charge < -0.3 is 9.73 Å². The molecule has 0 radical (unpaired) electrons. The van der Waals surface area contributed by atoms with Gasteiger partial charge in [0.05, 0.1) is 28.8 Å². The monoisotopic (exact) mass is 391 g/mol. The van der Waals surface area contributed by atoms with Gasteiger partial charge in [0, 0.05) is 16.2 Å². The summed E-state index contributed by atoms with van der Waals surface area (Å²) >= 11 is 1.61. The van der Waals surface area contributed by atoms with Gasteiger partial charge in [0.25, 0.3) is 5.91 Å². The lowest BCUT2D eigenvalue weighted by Gasteiger charge is -2.05. The number of H-pyrrole nitrogens is 1. The number of nitrogens with one attached hydrogen (secondary N) is 2. The highest BCUT2D eigenvalue weighted by molar-refractivity contribution is 7.22. The van der Waals surface area contributed by atoms with Gasteiger partial charge in [0.1, 0.15) is 17.3 Å². The Morgan fingerprint density at radius 1 is 1.18 bits per heavy atom. The normalized spacial score (nSPS) is 11.3. The second kappa shape index (κ2) is 6.61. The lowest BCUT2D eigenvalue weighted by Crippen LogP contribution is -2.23. The molecule has 0 bridgehead atoms. The first-order valence-electron chi connectivity index (χ1n) is 8.66. The number of rotatable bonds is 4. The van der Waals surface area contributed by atoms with Gasteiger partial charge in [-0.05, 0) is 35.7 Å². The maximum Gasteiger partial charge on any atom is 0.254 e. The standard InChI is InChI=1S/C21H14FN3O2S/c22-16-10-17-15(9-14(16)21(26)23-11-13-5-3-7-27-13)20(25-24-17)19-8-12-4-1-2-6-18(12)28-19/h1-10H,11H2,(H,23,26)(H,24,25). The minimum Gasteiger partial charge on any atom is -0.467 e. The predicted octanol–water partition coefficient (Wildman–Crippen LogP) is 5.11. The number of amides is 1. The Morgan fingerprint density at radius 2 is 2.07 bits per heavy atom. The molecular formula is C21H14FN3O2S. The highest BCUT2D eigenvalue weighted by atomic mass is 32.1. The van der Waals surface area contributed by atoms with Crippen molar-refractivity contribution in [1.82, 2.24) is 15.5 Å².